The molecule has 1 aliphatic rings. The second-order valence-corrected chi connectivity index (χ2v) is 5.14. The lowest BCUT2D eigenvalue weighted by Gasteiger charge is -2.37. The van der Waals surface area contributed by atoms with Crippen LogP contribution in [0.25, 0.3) is 0 Å². The Bertz CT molecular complexity index is 305. The first-order valence-corrected chi connectivity index (χ1v) is 6.94. The second-order valence-electron chi connectivity index (χ2n) is 5.14. The molecule has 1 saturated carbocycles. The molecular weight excluding hydrogens is 248 g/mol. The van der Waals surface area contributed by atoms with E-state index in [1.807, 2.05) is 6.92 Å². The normalized spacial score (nSPS) is 16.5. The summed E-state index contributed by atoms with van der Waals surface area (Å²) in [4.78, 5) is 24.2. The SMILES string of the molecule is CC(CCCC(=O)O)NC(=O)N(CCO)C1CCC1. The summed E-state index contributed by atoms with van der Waals surface area (Å²) in [5, 5.41) is 20.4. The number of nitrogens with one attached hydrogen (secondary N) is 1. The van der Waals surface area contributed by atoms with Gasteiger partial charge >= 0.3 is 12.0 Å². The molecule has 1 aliphatic carbocycles. The van der Waals surface area contributed by atoms with E-state index in [1.54, 1.807) is 4.90 Å². The number of urea groups is 1. The van der Waals surface area contributed by atoms with Crippen LogP contribution in [0.1, 0.15) is 45.4 Å². The Morgan fingerprint density at radius 1 is 1.42 bits per heavy atom. The lowest BCUT2D eigenvalue weighted by molar-refractivity contribution is -0.137. The molecule has 0 aromatic carbocycles. The average Bonchev–Trinajstić information content (AvgIpc) is 2.25. The van der Waals surface area contributed by atoms with Crippen LogP contribution >= 0.6 is 0 Å². The molecule has 6 heteroatoms. The first kappa shape index (κ1) is 15.8. The van der Waals surface area contributed by atoms with E-state index in [4.69, 9.17) is 10.2 Å². The number of carboxylic acids is 1. The van der Waals surface area contributed by atoms with Crippen molar-refractivity contribution in [3.05, 3.63) is 0 Å². The Hall–Kier alpha value is -1.30. The van der Waals surface area contributed by atoms with E-state index >= 15 is 0 Å². The molecule has 0 spiro atoms. The number of aliphatic hydroxyl groups excluding tert-OH is 1. The summed E-state index contributed by atoms with van der Waals surface area (Å²) < 4.78 is 0. The molecule has 110 valence electrons. The molecule has 0 aromatic heterocycles. The molecule has 1 atom stereocenters. The zero-order chi connectivity index (χ0) is 14.3. The van der Waals surface area contributed by atoms with Gasteiger partial charge in [0.05, 0.1) is 6.61 Å². The number of amides is 2. The van der Waals surface area contributed by atoms with E-state index in [1.165, 1.54) is 0 Å². The Kier molecular flexibility index (Phi) is 6.62. The molecule has 2 amide bonds. The second kappa shape index (κ2) is 7.99. The van der Waals surface area contributed by atoms with Gasteiger partial charge in [-0.25, -0.2) is 4.79 Å². The molecule has 1 rings (SSSR count). The molecule has 0 heterocycles. The lowest BCUT2D eigenvalue weighted by atomic mass is 9.91. The fourth-order valence-corrected chi connectivity index (χ4v) is 2.18. The fraction of sp³-hybridized carbons (Fsp3) is 0.846. The fourth-order valence-electron chi connectivity index (χ4n) is 2.18. The highest BCUT2D eigenvalue weighted by atomic mass is 16.4. The molecular formula is C13H24N2O4. The summed E-state index contributed by atoms with van der Waals surface area (Å²) in [5.74, 6) is -0.810. The number of carbonyl (C=O) groups is 2. The topological polar surface area (TPSA) is 89.9 Å². The van der Waals surface area contributed by atoms with Gasteiger partial charge in [0.1, 0.15) is 0 Å². The van der Waals surface area contributed by atoms with Crippen LogP contribution in [0.4, 0.5) is 4.79 Å². The van der Waals surface area contributed by atoms with Gasteiger partial charge in [-0.3, -0.25) is 4.79 Å². The minimum Gasteiger partial charge on any atom is -0.481 e. The van der Waals surface area contributed by atoms with Crippen molar-refractivity contribution < 1.29 is 19.8 Å². The van der Waals surface area contributed by atoms with Gasteiger partial charge in [-0.2, -0.15) is 0 Å². The van der Waals surface area contributed by atoms with Crippen molar-refractivity contribution in [2.24, 2.45) is 0 Å². The van der Waals surface area contributed by atoms with Crippen LogP contribution in [0.15, 0.2) is 0 Å². The van der Waals surface area contributed by atoms with Gasteiger partial charge < -0.3 is 20.4 Å². The summed E-state index contributed by atoms with van der Waals surface area (Å²) in [6, 6.07) is 0.0491. The quantitative estimate of drug-likeness (QED) is 0.619. The van der Waals surface area contributed by atoms with Crippen molar-refractivity contribution in [1.29, 1.82) is 0 Å². The predicted molar refractivity (Wildman–Crippen MR) is 70.9 cm³/mol. The van der Waals surface area contributed by atoms with Crippen LogP contribution in [0.2, 0.25) is 0 Å². The van der Waals surface area contributed by atoms with Gasteiger partial charge in [0, 0.05) is 25.0 Å². The molecule has 0 radical (unpaired) electrons. The highest BCUT2D eigenvalue weighted by Gasteiger charge is 2.28. The highest BCUT2D eigenvalue weighted by molar-refractivity contribution is 5.75. The van der Waals surface area contributed by atoms with Crippen molar-refractivity contribution in [1.82, 2.24) is 10.2 Å². The third kappa shape index (κ3) is 5.46. The first-order valence-electron chi connectivity index (χ1n) is 6.94. The van der Waals surface area contributed by atoms with Crippen LogP contribution in [0.3, 0.4) is 0 Å². The first-order chi connectivity index (χ1) is 9.04. The Morgan fingerprint density at radius 3 is 2.58 bits per heavy atom. The number of hydrogen-bond acceptors (Lipinski definition) is 3. The minimum atomic E-state index is -0.810. The van der Waals surface area contributed by atoms with E-state index in [2.05, 4.69) is 5.32 Å². The van der Waals surface area contributed by atoms with Gasteiger partial charge in [0.2, 0.25) is 0 Å². The number of aliphatic hydroxyl groups is 1. The Balaban J connectivity index is 2.31. The summed E-state index contributed by atoms with van der Waals surface area (Å²) in [6.07, 6.45) is 4.47. The van der Waals surface area contributed by atoms with E-state index in [-0.39, 0.29) is 31.1 Å². The summed E-state index contributed by atoms with van der Waals surface area (Å²) in [5.41, 5.74) is 0. The van der Waals surface area contributed by atoms with Crippen molar-refractivity contribution in [2.75, 3.05) is 13.2 Å². The van der Waals surface area contributed by atoms with Crippen LogP contribution in [0, 0.1) is 0 Å². The molecule has 3 N–H and O–H groups in total. The molecule has 0 bridgehead atoms. The zero-order valence-corrected chi connectivity index (χ0v) is 11.5. The lowest BCUT2D eigenvalue weighted by Crippen LogP contribution is -2.51. The van der Waals surface area contributed by atoms with Crippen molar-refractivity contribution >= 4 is 12.0 Å². The van der Waals surface area contributed by atoms with Gasteiger partial charge in [-0.1, -0.05) is 0 Å². The van der Waals surface area contributed by atoms with E-state index in [0.717, 1.165) is 19.3 Å². The third-order valence-corrected chi connectivity index (χ3v) is 3.51. The van der Waals surface area contributed by atoms with Crippen LogP contribution in [-0.4, -0.2) is 52.3 Å². The number of hydrogen-bond donors (Lipinski definition) is 3. The standard InChI is InChI=1S/C13H24N2O4/c1-10(4-2-7-12(17)18)14-13(19)15(8-9-16)11-5-3-6-11/h10-11,16H,2-9H2,1H3,(H,14,19)(H,17,18). The smallest absolute Gasteiger partial charge is 0.317 e. The van der Waals surface area contributed by atoms with Crippen LogP contribution in [-0.2, 0) is 4.79 Å². The van der Waals surface area contributed by atoms with Gasteiger partial charge in [0.25, 0.3) is 0 Å². The maximum absolute atomic E-state index is 12.1. The maximum atomic E-state index is 12.1. The van der Waals surface area contributed by atoms with Gasteiger partial charge in [-0.15, -0.1) is 0 Å². The molecule has 0 saturated heterocycles. The van der Waals surface area contributed by atoms with E-state index in [0.29, 0.717) is 19.4 Å². The number of carbonyl (C=O) groups excluding carboxylic acids is 1. The molecule has 0 aromatic rings. The van der Waals surface area contributed by atoms with E-state index in [9.17, 15) is 9.59 Å². The zero-order valence-electron chi connectivity index (χ0n) is 11.5. The Labute approximate surface area is 113 Å². The number of carboxylic acid groups (broad SMARTS) is 1. The third-order valence-electron chi connectivity index (χ3n) is 3.51. The van der Waals surface area contributed by atoms with Crippen molar-refractivity contribution in [3.8, 4) is 0 Å². The molecule has 1 unspecified atom stereocenters. The molecule has 1 fully saturated rings. The maximum Gasteiger partial charge on any atom is 0.317 e. The number of rotatable bonds is 8. The van der Waals surface area contributed by atoms with Crippen LogP contribution < -0.4 is 5.32 Å². The predicted octanol–water partition coefficient (Wildman–Crippen LogP) is 1.19. The minimum absolute atomic E-state index is 0.0304. The summed E-state index contributed by atoms with van der Waals surface area (Å²) in [6.45, 7) is 2.20. The van der Waals surface area contributed by atoms with Crippen LogP contribution in [0.5, 0.6) is 0 Å². The summed E-state index contributed by atoms with van der Waals surface area (Å²) in [7, 11) is 0. The number of aliphatic carboxylic acids is 1. The van der Waals surface area contributed by atoms with Crippen molar-refractivity contribution in [3.63, 3.8) is 0 Å². The molecule has 6 nitrogen and oxygen atoms in total. The number of nitrogens with zero attached hydrogens (tertiary/aromatic N) is 1. The monoisotopic (exact) mass is 272 g/mol. The van der Waals surface area contributed by atoms with Gasteiger partial charge in [0.15, 0.2) is 0 Å². The van der Waals surface area contributed by atoms with Gasteiger partial charge in [-0.05, 0) is 39.0 Å². The average molecular weight is 272 g/mol. The summed E-state index contributed by atoms with van der Waals surface area (Å²) >= 11 is 0. The van der Waals surface area contributed by atoms with Crippen molar-refractivity contribution in [2.45, 2.75) is 57.5 Å². The largest absolute Gasteiger partial charge is 0.481 e. The molecule has 0 aliphatic heterocycles. The molecule has 19 heavy (non-hydrogen) atoms. The highest BCUT2D eigenvalue weighted by Crippen LogP contribution is 2.24. The van der Waals surface area contributed by atoms with E-state index < -0.39 is 5.97 Å². The Morgan fingerprint density at radius 2 is 2.11 bits per heavy atom.